The third-order valence-corrected chi connectivity index (χ3v) is 3.30. The van der Waals surface area contributed by atoms with Gasteiger partial charge >= 0.3 is 5.97 Å². The molecule has 108 valence electrons. The molecule has 20 heavy (non-hydrogen) atoms. The van der Waals surface area contributed by atoms with Crippen LogP contribution >= 0.6 is 0 Å². The fourth-order valence-corrected chi connectivity index (χ4v) is 2.31. The number of likely N-dealkylation sites (tertiary alicyclic amines) is 1. The van der Waals surface area contributed by atoms with E-state index < -0.39 is 12.0 Å². The van der Waals surface area contributed by atoms with Crippen molar-refractivity contribution >= 4 is 11.9 Å². The van der Waals surface area contributed by atoms with E-state index >= 15 is 0 Å². The molecule has 0 saturated carbocycles. The number of methoxy groups -OCH3 is 2. The molecule has 1 aromatic heterocycles. The largest absolute Gasteiger partial charge is 0.493 e. The molecule has 1 fully saturated rings. The van der Waals surface area contributed by atoms with Crippen LogP contribution in [0.25, 0.3) is 0 Å². The van der Waals surface area contributed by atoms with Crippen LogP contribution < -0.4 is 9.47 Å². The molecule has 1 amide bonds. The summed E-state index contributed by atoms with van der Waals surface area (Å²) >= 11 is 0. The van der Waals surface area contributed by atoms with Crippen molar-refractivity contribution in [3.8, 4) is 11.5 Å². The van der Waals surface area contributed by atoms with Crippen LogP contribution in [0.4, 0.5) is 0 Å². The van der Waals surface area contributed by atoms with Gasteiger partial charge in [0.15, 0.2) is 11.5 Å². The van der Waals surface area contributed by atoms with Crippen LogP contribution in [0.2, 0.25) is 0 Å². The predicted molar refractivity (Wildman–Crippen MR) is 68.5 cm³/mol. The second-order valence-electron chi connectivity index (χ2n) is 4.41. The number of rotatable bonds is 5. The van der Waals surface area contributed by atoms with E-state index in [-0.39, 0.29) is 18.9 Å². The molecule has 1 aliphatic heterocycles. The molecule has 2 rings (SSSR count). The molecule has 2 heterocycles. The molecule has 0 aromatic carbocycles. The zero-order valence-electron chi connectivity index (χ0n) is 11.3. The van der Waals surface area contributed by atoms with Crippen LogP contribution in [-0.2, 0) is 16.1 Å². The maximum absolute atomic E-state index is 11.8. The first-order valence-corrected chi connectivity index (χ1v) is 6.16. The van der Waals surface area contributed by atoms with Gasteiger partial charge in [0.25, 0.3) is 0 Å². The van der Waals surface area contributed by atoms with E-state index in [0.717, 1.165) is 0 Å². The van der Waals surface area contributed by atoms with Crippen molar-refractivity contribution in [2.75, 3.05) is 14.2 Å². The lowest BCUT2D eigenvalue weighted by Crippen LogP contribution is -2.38. The Kier molecular flexibility index (Phi) is 4.07. The number of carboxylic acid groups (broad SMARTS) is 1. The fraction of sp³-hybridized carbons (Fsp3) is 0.462. The summed E-state index contributed by atoms with van der Waals surface area (Å²) in [5.74, 6) is -0.281. The van der Waals surface area contributed by atoms with Crippen molar-refractivity contribution in [1.82, 2.24) is 9.88 Å². The van der Waals surface area contributed by atoms with Gasteiger partial charge < -0.3 is 19.5 Å². The van der Waals surface area contributed by atoms with E-state index in [1.165, 1.54) is 25.3 Å². The Labute approximate surface area is 116 Å². The molecule has 1 unspecified atom stereocenters. The van der Waals surface area contributed by atoms with Crippen LogP contribution in [0.15, 0.2) is 12.3 Å². The summed E-state index contributed by atoms with van der Waals surface area (Å²) in [6.45, 7) is 0.0934. The first-order valence-electron chi connectivity index (χ1n) is 6.16. The van der Waals surface area contributed by atoms with E-state index in [9.17, 15) is 9.59 Å². The average molecular weight is 280 g/mol. The van der Waals surface area contributed by atoms with Gasteiger partial charge in [-0.25, -0.2) is 4.79 Å². The summed E-state index contributed by atoms with van der Waals surface area (Å²) in [5, 5.41) is 9.14. The van der Waals surface area contributed by atoms with Gasteiger partial charge in [0.05, 0.1) is 20.8 Å². The lowest BCUT2D eigenvalue weighted by atomic mass is 10.2. The Morgan fingerprint density at radius 3 is 2.85 bits per heavy atom. The average Bonchev–Trinajstić information content (AvgIpc) is 2.80. The number of carbonyl (C=O) groups excluding carboxylic acids is 1. The number of pyridine rings is 1. The second kappa shape index (κ2) is 5.77. The molecular weight excluding hydrogens is 264 g/mol. The molecule has 0 radical (unpaired) electrons. The maximum atomic E-state index is 11.8. The van der Waals surface area contributed by atoms with Crippen LogP contribution in [0, 0.1) is 0 Å². The molecule has 1 aliphatic rings. The van der Waals surface area contributed by atoms with Crippen molar-refractivity contribution in [3.63, 3.8) is 0 Å². The van der Waals surface area contributed by atoms with Crippen LogP contribution in [0.5, 0.6) is 11.5 Å². The van der Waals surface area contributed by atoms with Crippen molar-refractivity contribution in [3.05, 3.63) is 18.0 Å². The third-order valence-electron chi connectivity index (χ3n) is 3.30. The quantitative estimate of drug-likeness (QED) is 0.853. The molecule has 1 atom stereocenters. The second-order valence-corrected chi connectivity index (χ2v) is 4.41. The van der Waals surface area contributed by atoms with Crippen LogP contribution in [0.1, 0.15) is 18.5 Å². The van der Waals surface area contributed by atoms with Gasteiger partial charge in [-0.1, -0.05) is 0 Å². The van der Waals surface area contributed by atoms with Crippen molar-refractivity contribution in [1.29, 1.82) is 0 Å². The highest BCUT2D eigenvalue weighted by molar-refractivity contribution is 5.87. The molecule has 0 spiro atoms. The number of hydrogen-bond donors (Lipinski definition) is 1. The van der Waals surface area contributed by atoms with Crippen molar-refractivity contribution < 1.29 is 24.2 Å². The summed E-state index contributed by atoms with van der Waals surface area (Å²) in [6, 6.07) is 0.836. The number of aliphatic carboxylic acids is 1. The number of ether oxygens (including phenoxy) is 2. The highest BCUT2D eigenvalue weighted by Crippen LogP contribution is 2.31. The Bertz CT molecular complexity index is 531. The van der Waals surface area contributed by atoms with E-state index in [2.05, 4.69) is 4.98 Å². The lowest BCUT2D eigenvalue weighted by molar-refractivity contribution is -0.146. The van der Waals surface area contributed by atoms with Gasteiger partial charge in [0, 0.05) is 18.7 Å². The fourth-order valence-electron chi connectivity index (χ4n) is 2.31. The zero-order chi connectivity index (χ0) is 14.7. The standard InChI is InChI=1S/C13H16N2O5/c1-19-10-5-6-14-8(12(10)20-2)7-15-9(13(17)18)3-4-11(15)16/h5-6,9H,3-4,7H2,1-2H3,(H,17,18). The Balaban J connectivity index is 2.29. The molecule has 1 N–H and O–H groups in total. The van der Waals surface area contributed by atoms with Gasteiger partial charge in [-0.2, -0.15) is 0 Å². The van der Waals surface area contributed by atoms with Gasteiger partial charge in [-0.05, 0) is 6.42 Å². The molecule has 1 aromatic rings. The Hall–Kier alpha value is -2.31. The van der Waals surface area contributed by atoms with Crippen molar-refractivity contribution in [2.24, 2.45) is 0 Å². The molecule has 0 bridgehead atoms. The smallest absolute Gasteiger partial charge is 0.326 e. The van der Waals surface area contributed by atoms with Gasteiger partial charge in [0.2, 0.25) is 5.91 Å². The number of hydrogen-bond acceptors (Lipinski definition) is 5. The van der Waals surface area contributed by atoms with E-state index in [4.69, 9.17) is 14.6 Å². The maximum Gasteiger partial charge on any atom is 0.326 e. The summed E-state index contributed by atoms with van der Waals surface area (Å²) < 4.78 is 10.4. The van der Waals surface area contributed by atoms with E-state index in [1.54, 1.807) is 6.07 Å². The Morgan fingerprint density at radius 1 is 1.50 bits per heavy atom. The van der Waals surface area contributed by atoms with E-state index in [0.29, 0.717) is 23.6 Å². The number of carbonyl (C=O) groups is 2. The third kappa shape index (κ3) is 2.52. The SMILES string of the molecule is COc1ccnc(CN2C(=O)CCC2C(=O)O)c1OC. The lowest BCUT2D eigenvalue weighted by Gasteiger charge is -2.22. The van der Waals surface area contributed by atoms with Crippen LogP contribution in [-0.4, -0.2) is 47.1 Å². The number of aromatic nitrogens is 1. The molecular formula is C13H16N2O5. The molecule has 7 nitrogen and oxygen atoms in total. The predicted octanol–water partition coefficient (Wildman–Crippen LogP) is 0.674. The molecule has 7 heteroatoms. The number of amides is 1. The normalized spacial score (nSPS) is 18.2. The van der Waals surface area contributed by atoms with Gasteiger partial charge in [0.1, 0.15) is 11.7 Å². The highest BCUT2D eigenvalue weighted by Gasteiger charge is 2.36. The first-order chi connectivity index (χ1) is 9.58. The van der Waals surface area contributed by atoms with E-state index in [1.807, 2.05) is 0 Å². The minimum absolute atomic E-state index is 0.0934. The minimum Gasteiger partial charge on any atom is -0.493 e. The topological polar surface area (TPSA) is 89.0 Å². The van der Waals surface area contributed by atoms with Gasteiger partial charge in [-0.15, -0.1) is 0 Å². The van der Waals surface area contributed by atoms with Crippen molar-refractivity contribution in [2.45, 2.75) is 25.4 Å². The summed E-state index contributed by atoms with van der Waals surface area (Å²) in [6.07, 6.45) is 2.09. The highest BCUT2D eigenvalue weighted by atomic mass is 16.5. The van der Waals surface area contributed by atoms with Crippen LogP contribution in [0.3, 0.4) is 0 Å². The summed E-state index contributed by atoms with van der Waals surface area (Å²) in [5.41, 5.74) is 0.480. The monoisotopic (exact) mass is 280 g/mol. The Morgan fingerprint density at radius 2 is 2.25 bits per heavy atom. The first kappa shape index (κ1) is 14.1. The van der Waals surface area contributed by atoms with Gasteiger partial charge in [-0.3, -0.25) is 9.78 Å². The summed E-state index contributed by atoms with van der Waals surface area (Å²) in [4.78, 5) is 28.4. The molecule has 0 aliphatic carbocycles. The molecule has 1 saturated heterocycles. The minimum atomic E-state index is -1.00. The zero-order valence-corrected chi connectivity index (χ0v) is 11.3. The number of nitrogens with zero attached hydrogens (tertiary/aromatic N) is 2. The number of carboxylic acids is 1. The summed E-state index contributed by atoms with van der Waals surface area (Å²) in [7, 11) is 2.98.